The van der Waals surface area contributed by atoms with E-state index in [0.717, 1.165) is 12.8 Å². The first-order valence-electron chi connectivity index (χ1n) is 9.65. The lowest BCUT2D eigenvalue weighted by Gasteiger charge is -2.38. The summed E-state index contributed by atoms with van der Waals surface area (Å²) in [5.74, 6) is -0.155. The van der Waals surface area contributed by atoms with Crippen molar-refractivity contribution in [3.05, 3.63) is 0 Å². The van der Waals surface area contributed by atoms with Gasteiger partial charge in [0.1, 0.15) is 6.10 Å². The summed E-state index contributed by atoms with van der Waals surface area (Å²) in [6.07, 6.45) is 2.01. The van der Waals surface area contributed by atoms with E-state index < -0.39 is 17.4 Å². The fourth-order valence-corrected chi connectivity index (χ4v) is 4.95. The number of rotatable bonds is 6. The van der Waals surface area contributed by atoms with E-state index in [2.05, 4.69) is 34.6 Å². The summed E-state index contributed by atoms with van der Waals surface area (Å²) in [6.45, 7) is 13.0. The highest BCUT2D eigenvalue weighted by molar-refractivity contribution is 6.03. The van der Waals surface area contributed by atoms with Crippen LogP contribution in [0.4, 0.5) is 0 Å². The minimum Gasteiger partial charge on any atom is -0.465 e. The number of carbonyl (C=O) groups is 2. The largest absolute Gasteiger partial charge is 0.465 e. The zero-order valence-corrected chi connectivity index (χ0v) is 16.3. The topological polar surface area (TPSA) is 61.8 Å². The Morgan fingerprint density at radius 2 is 2.04 bits per heavy atom. The Kier molecular flexibility index (Phi) is 4.68. The van der Waals surface area contributed by atoms with Gasteiger partial charge in [-0.3, -0.25) is 9.59 Å². The van der Waals surface area contributed by atoms with Gasteiger partial charge in [-0.15, -0.1) is 0 Å². The Bertz CT molecular complexity index is 549. The summed E-state index contributed by atoms with van der Waals surface area (Å²) >= 11 is 0. The maximum absolute atomic E-state index is 12.6. The Labute approximate surface area is 150 Å². The van der Waals surface area contributed by atoms with E-state index >= 15 is 0 Å². The second-order valence-electron chi connectivity index (χ2n) is 9.45. The molecule has 5 nitrogen and oxygen atoms in total. The Hall–Kier alpha value is -1.10. The van der Waals surface area contributed by atoms with Crippen LogP contribution >= 0.6 is 0 Å². The SMILES string of the molecule is CCOC(=O)C12CC3CC1C(OC2=O)C3OC(CC(C)C)C(C)(C)C. The van der Waals surface area contributed by atoms with Gasteiger partial charge in [0.15, 0.2) is 5.41 Å². The third-order valence-electron chi connectivity index (χ3n) is 6.18. The molecule has 3 rings (SSSR count). The molecule has 0 aromatic heterocycles. The van der Waals surface area contributed by atoms with E-state index in [1.54, 1.807) is 6.92 Å². The lowest BCUT2D eigenvalue weighted by molar-refractivity contribution is -0.165. The van der Waals surface area contributed by atoms with Crippen molar-refractivity contribution in [3.63, 3.8) is 0 Å². The molecule has 1 saturated heterocycles. The standard InChI is InChI=1S/C20H32O5/c1-7-23-17(21)20-10-12-9-13(20)16(25-18(20)22)15(12)24-14(8-11(2)3)19(4,5)6/h11-16H,7-10H2,1-6H3. The number of carbonyl (C=O) groups excluding carboxylic acids is 2. The average Bonchev–Trinajstić information content (AvgIpc) is 3.07. The van der Waals surface area contributed by atoms with E-state index in [1.807, 2.05) is 0 Å². The molecule has 3 fully saturated rings. The molecular weight excluding hydrogens is 320 g/mol. The molecule has 6 atom stereocenters. The molecule has 0 aromatic rings. The van der Waals surface area contributed by atoms with Crippen LogP contribution in [-0.2, 0) is 23.8 Å². The van der Waals surface area contributed by atoms with E-state index in [0.29, 0.717) is 12.3 Å². The van der Waals surface area contributed by atoms with Crippen molar-refractivity contribution in [2.24, 2.45) is 28.6 Å². The summed E-state index contributed by atoms with van der Waals surface area (Å²) in [5, 5.41) is 0. The maximum Gasteiger partial charge on any atom is 0.324 e. The molecule has 6 unspecified atom stereocenters. The van der Waals surface area contributed by atoms with Gasteiger partial charge in [0.25, 0.3) is 0 Å². The number of hydrogen-bond donors (Lipinski definition) is 0. The van der Waals surface area contributed by atoms with E-state index in [-0.39, 0.29) is 42.2 Å². The minimum atomic E-state index is -1.07. The van der Waals surface area contributed by atoms with Crippen LogP contribution in [0.2, 0.25) is 0 Å². The summed E-state index contributed by atoms with van der Waals surface area (Å²) in [7, 11) is 0. The van der Waals surface area contributed by atoms with E-state index in [1.165, 1.54) is 0 Å². The zero-order chi connectivity index (χ0) is 18.6. The molecule has 0 N–H and O–H groups in total. The van der Waals surface area contributed by atoms with Crippen molar-refractivity contribution in [1.82, 2.24) is 0 Å². The Balaban J connectivity index is 1.79. The smallest absolute Gasteiger partial charge is 0.324 e. The van der Waals surface area contributed by atoms with Crippen LogP contribution in [0.25, 0.3) is 0 Å². The summed E-state index contributed by atoms with van der Waals surface area (Å²) < 4.78 is 17.4. The van der Waals surface area contributed by atoms with Crippen LogP contribution in [0.3, 0.4) is 0 Å². The van der Waals surface area contributed by atoms with Crippen LogP contribution in [0.1, 0.15) is 60.8 Å². The van der Waals surface area contributed by atoms with Gasteiger partial charge in [0.2, 0.25) is 0 Å². The molecule has 1 aliphatic heterocycles. The van der Waals surface area contributed by atoms with E-state index in [4.69, 9.17) is 14.2 Å². The van der Waals surface area contributed by atoms with Crippen LogP contribution < -0.4 is 0 Å². The highest BCUT2D eigenvalue weighted by Gasteiger charge is 2.75. The molecular formula is C20H32O5. The molecule has 142 valence electrons. The maximum atomic E-state index is 12.6. The predicted octanol–water partition coefficient (Wildman–Crippen LogP) is 3.35. The zero-order valence-electron chi connectivity index (χ0n) is 16.3. The van der Waals surface area contributed by atoms with Crippen LogP contribution in [-0.4, -0.2) is 36.9 Å². The van der Waals surface area contributed by atoms with Crippen molar-refractivity contribution < 1.29 is 23.8 Å². The monoisotopic (exact) mass is 352 g/mol. The second kappa shape index (κ2) is 6.26. The molecule has 1 heterocycles. The minimum absolute atomic E-state index is 0.0208. The van der Waals surface area contributed by atoms with Crippen LogP contribution in [0, 0.1) is 28.6 Å². The molecule has 0 spiro atoms. The molecule has 5 heteroatoms. The number of esters is 2. The summed E-state index contributed by atoms with van der Waals surface area (Å²) in [6, 6.07) is 0. The van der Waals surface area contributed by atoms with Crippen molar-refractivity contribution in [2.45, 2.75) is 79.1 Å². The molecule has 3 aliphatic rings. The molecule has 0 radical (unpaired) electrons. The van der Waals surface area contributed by atoms with Crippen molar-refractivity contribution in [3.8, 4) is 0 Å². The molecule has 2 saturated carbocycles. The number of ether oxygens (including phenoxy) is 3. The summed E-state index contributed by atoms with van der Waals surface area (Å²) in [4.78, 5) is 25.1. The summed E-state index contributed by atoms with van der Waals surface area (Å²) in [5.41, 5.74) is -1.05. The first kappa shape index (κ1) is 18.7. The average molecular weight is 352 g/mol. The van der Waals surface area contributed by atoms with Crippen LogP contribution in [0.15, 0.2) is 0 Å². The first-order valence-corrected chi connectivity index (χ1v) is 9.65. The van der Waals surface area contributed by atoms with Gasteiger partial charge in [-0.05, 0) is 43.4 Å². The fourth-order valence-electron chi connectivity index (χ4n) is 4.95. The van der Waals surface area contributed by atoms with Crippen molar-refractivity contribution >= 4 is 11.9 Å². The first-order chi connectivity index (χ1) is 11.6. The number of hydrogen-bond acceptors (Lipinski definition) is 5. The van der Waals surface area contributed by atoms with E-state index in [9.17, 15) is 9.59 Å². The normalized spacial score (nSPS) is 37.5. The van der Waals surface area contributed by atoms with Gasteiger partial charge < -0.3 is 14.2 Å². The lowest BCUT2D eigenvalue weighted by Crippen LogP contribution is -2.47. The van der Waals surface area contributed by atoms with Gasteiger partial charge in [-0.25, -0.2) is 0 Å². The molecule has 0 amide bonds. The van der Waals surface area contributed by atoms with Crippen LogP contribution in [0.5, 0.6) is 0 Å². The third kappa shape index (κ3) is 2.88. The molecule has 0 aromatic carbocycles. The van der Waals surface area contributed by atoms with Crippen molar-refractivity contribution in [2.75, 3.05) is 6.61 Å². The quantitative estimate of drug-likeness (QED) is 0.542. The Morgan fingerprint density at radius 3 is 2.60 bits per heavy atom. The highest BCUT2D eigenvalue weighted by Crippen LogP contribution is 2.63. The van der Waals surface area contributed by atoms with Gasteiger partial charge in [0, 0.05) is 5.92 Å². The second-order valence-corrected chi connectivity index (χ2v) is 9.45. The predicted molar refractivity (Wildman–Crippen MR) is 92.7 cm³/mol. The molecule has 25 heavy (non-hydrogen) atoms. The number of fused-ring (bicyclic) bond motifs is 1. The molecule has 2 aliphatic carbocycles. The van der Waals surface area contributed by atoms with Gasteiger partial charge in [0.05, 0.1) is 18.8 Å². The van der Waals surface area contributed by atoms with Gasteiger partial charge in [-0.2, -0.15) is 0 Å². The fraction of sp³-hybridized carbons (Fsp3) is 0.900. The highest BCUT2D eigenvalue weighted by atomic mass is 16.6. The van der Waals surface area contributed by atoms with Crippen molar-refractivity contribution in [1.29, 1.82) is 0 Å². The van der Waals surface area contributed by atoms with Gasteiger partial charge in [-0.1, -0.05) is 34.6 Å². The molecule has 2 bridgehead atoms. The van der Waals surface area contributed by atoms with Gasteiger partial charge >= 0.3 is 11.9 Å². The Morgan fingerprint density at radius 1 is 1.36 bits per heavy atom. The lowest BCUT2D eigenvalue weighted by atomic mass is 9.73. The third-order valence-corrected chi connectivity index (χ3v) is 6.18.